The molecule has 3 aromatic heterocycles. The number of fused-ring (bicyclic) bond motifs is 1. The van der Waals surface area contributed by atoms with Crippen molar-refractivity contribution in [1.82, 2.24) is 19.3 Å². The first-order valence-corrected chi connectivity index (χ1v) is 11.6. The van der Waals surface area contributed by atoms with Crippen LogP contribution in [0.2, 0.25) is 5.02 Å². The maximum Gasteiger partial charge on any atom is 0.281 e. The van der Waals surface area contributed by atoms with E-state index in [1.54, 1.807) is 35.0 Å². The number of rotatable bonds is 8. The van der Waals surface area contributed by atoms with Crippen LogP contribution in [0.15, 0.2) is 94.6 Å². The number of aryl methyl sites for hydroxylation is 1. The molecule has 8 heteroatoms. The van der Waals surface area contributed by atoms with Gasteiger partial charge in [0.1, 0.15) is 0 Å². The first-order chi connectivity index (χ1) is 17.1. The molecule has 3 heterocycles. The van der Waals surface area contributed by atoms with E-state index in [2.05, 4.69) is 10.1 Å². The Kier molecular flexibility index (Phi) is 6.61. The molecule has 0 amide bonds. The smallest absolute Gasteiger partial charge is 0.281 e. The van der Waals surface area contributed by atoms with Gasteiger partial charge in [-0.1, -0.05) is 60.1 Å². The molecular formula is C27H23ClN4O3. The summed E-state index contributed by atoms with van der Waals surface area (Å²) in [5.41, 5.74) is 2.82. The monoisotopic (exact) mass is 486 g/mol. The fraction of sp³-hybridized carbons (Fsp3) is 0.148. The molecule has 0 unspecified atom stereocenters. The number of benzene rings is 2. The topological polar surface area (TPSA) is 81.9 Å². The molecule has 176 valence electrons. The first-order valence-electron chi connectivity index (χ1n) is 11.3. The molecule has 5 rings (SSSR count). The minimum atomic E-state index is -0.294. The van der Waals surface area contributed by atoms with Gasteiger partial charge >= 0.3 is 0 Å². The Balaban J connectivity index is 1.58. The van der Waals surface area contributed by atoms with Crippen molar-refractivity contribution in [2.45, 2.75) is 26.2 Å². The number of nitrogens with zero attached hydrogens (tertiary/aromatic N) is 3. The van der Waals surface area contributed by atoms with Gasteiger partial charge in [-0.25, -0.2) is 4.68 Å². The van der Waals surface area contributed by atoms with E-state index in [1.807, 2.05) is 48.5 Å². The lowest BCUT2D eigenvalue weighted by molar-refractivity contribution is 0.102. The Hall–Kier alpha value is -3.94. The summed E-state index contributed by atoms with van der Waals surface area (Å²) >= 11 is 6.35. The van der Waals surface area contributed by atoms with Gasteiger partial charge in [0.2, 0.25) is 0 Å². The fourth-order valence-electron chi connectivity index (χ4n) is 4.12. The predicted molar refractivity (Wildman–Crippen MR) is 136 cm³/mol. The number of hydrogen-bond acceptors (Lipinski definition) is 4. The molecule has 0 saturated carbocycles. The maximum atomic E-state index is 13.6. The summed E-state index contributed by atoms with van der Waals surface area (Å²) in [4.78, 5) is 31.1. The van der Waals surface area contributed by atoms with E-state index >= 15 is 0 Å². The summed E-state index contributed by atoms with van der Waals surface area (Å²) < 4.78 is 8.97. The standard InChI is InChI=1S/C27H23ClN4O3/c28-21-11-4-5-12-23(21)32-27(34)26-22(30-32)16-25(33)31(15-13-20-10-6-7-14-29-20)24(26)18-35-17-19-8-2-1-3-9-19/h1-12,14,16,30H,13,15,17-18H2. The van der Waals surface area contributed by atoms with Gasteiger partial charge in [-0.3, -0.25) is 19.7 Å². The molecule has 2 aromatic carbocycles. The van der Waals surface area contributed by atoms with Crippen molar-refractivity contribution in [3.05, 3.63) is 128 Å². The first kappa shape index (κ1) is 22.8. The van der Waals surface area contributed by atoms with Gasteiger partial charge in [0, 0.05) is 30.9 Å². The molecule has 7 nitrogen and oxygen atoms in total. The molecule has 1 N–H and O–H groups in total. The molecule has 0 atom stereocenters. The largest absolute Gasteiger partial charge is 0.371 e. The lowest BCUT2D eigenvalue weighted by atomic mass is 10.2. The minimum absolute atomic E-state index is 0.0965. The molecule has 35 heavy (non-hydrogen) atoms. The van der Waals surface area contributed by atoms with Crippen molar-refractivity contribution in [3.63, 3.8) is 0 Å². The van der Waals surface area contributed by atoms with Crippen molar-refractivity contribution in [1.29, 1.82) is 0 Å². The Labute approximate surface area is 206 Å². The van der Waals surface area contributed by atoms with Crippen LogP contribution in [0, 0.1) is 0 Å². The van der Waals surface area contributed by atoms with Gasteiger partial charge < -0.3 is 9.30 Å². The van der Waals surface area contributed by atoms with Crippen LogP contribution in [0.3, 0.4) is 0 Å². The molecule has 0 aliphatic rings. The zero-order chi connectivity index (χ0) is 24.2. The lowest BCUT2D eigenvalue weighted by Gasteiger charge is -2.14. The number of H-pyrrole nitrogens is 1. The molecular weight excluding hydrogens is 464 g/mol. The van der Waals surface area contributed by atoms with Crippen LogP contribution in [-0.4, -0.2) is 19.3 Å². The molecule has 0 aliphatic heterocycles. The van der Waals surface area contributed by atoms with E-state index in [0.717, 1.165) is 11.3 Å². The van der Waals surface area contributed by atoms with Crippen molar-refractivity contribution in [2.24, 2.45) is 0 Å². The van der Waals surface area contributed by atoms with E-state index in [4.69, 9.17) is 16.3 Å². The Morgan fingerprint density at radius 3 is 2.46 bits per heavy atom. The van der Waals surface area contributed by atoms with Gasteiger partial charge in [-0.15, -0.1) is 0 Å². The SMILES string of the molecule is O=c1c2c(COCc3ccccc3)n(CCc3ccccn3)c(=O)cc2[nH]n1-c1ccccc1Cl. The van der Waals surface area contributed by atoms with Crippen molar-refractivity contribution < 1.29 is 4.74 Å². The highest BCUT2D eigenvalue weighted by atomic mass is 35.5. The summed E-state index contributed by atoms with van der Waals surface area (Å²) in [6, 6.07) is 23.9. The van der Waals surface area contributed by atoms with Crippen molar-refractivity contribution in [2.75, 3.05) is 0 Å². The maximum absolute atomic E-state index is 13.6. The van der Waals surface area contributed by atoms with E-state index in [0.29, 0.717) is 46.9 Å². The highest BCUT2D eigenvalue weighted by Gasteiger charge is 2.19. The summed E-state index contributed by atoms with van der Waals surface area (Å²) in [6.45, 7) is 0.820. The minimum Gasteiger partial charge on any atom is -0.371 e. The van der Waals surface area contributed by atoms with Gasteiger partial charge in [0.05, 0.1) is 40.5 Å². The Morgan fingerprint density at radius 1 is 0.914 bits per heavy atom. The van der Waals surface area contributed by atoms with Crippen LogP contribution < -0.4 is 11.1 Å². The number of hydrogen-bond donors (Lipinski definition) is 1. The normalized spacial score (nSPS) is 11.2. The second kappa shape index (κ2) is 10.1. The van der Waals surface area contributed by atoms with Gasteiger partial charge in [0.15, 0.2) is 0 Å². The number of pyridine rings is 2. The third-order valence-electron chi connectivity index (χ3n) is 5.83. The summed E-state index contributed by atoms with van der Waals surface area (Å²) in [7, 11) is 0. The number of halogens is 1. The summed E-state index contributed by atoms with van der Waals surface area (Å²) in [6.07, 6.45) is 2.26. The zero-order valence-corrected chi connectivity index (χ0v) is 19.6. The average molecular weight is 487 g/mol. The predicted octanol–water partition coefficient (Wildman–Crippen LogP) is 4.49. The van der Waals surface area contributed by atoms with Crippen LogP contribution >= 0.6 is 11.6 Å². The van der Waals surface area contributed by atoms with E-state index in [1.165, 1.54) is 10.7 Å². The third-order valence-corrected chi connectivity index (χ3v) is 6.15. The highest BCUT2D eigenvalue weighted by molar-refractivity contribution is 6.32. The van der Waals surface area contributed by atoms with Crippen LogP contribution in [-0.2, 0) is 30.9 Å². The molecule has 0 bridgehead atoms. The number of para-hydroxylation sites is 1. The number of aromatic nitrogens is 4. The molecule has 0 radical (unpaired) electrons. The molecule has 0 fully saturated rings. The second-order valence-corrected chi connectivity index (χ2v) is 8.53. The molecule has 0 spiro atoms. The van der Waals surface area contributed by atoms with Crippen molar-refractivity contribution >= 4 is 22.5 Å². The number of ether oxygens (including phenoxy) is 1. The van der Waals surface area contributed by atoms with Crippen molar-refractivity contribution in [3.8, 4) is 5.69 Å². The van der Waals surface area contributed by atoms with Gasteiger partial charge in [-0.05, 0) is 29.8 Å². The summed E-state index contributed by atoms with van der Waals surface area (Å²) in [5, 5.41) is 3.88. The number of nitrogens with one attached hydrogen (secondary N) is 1. The third kappa shape index (κ3) is 4.82. The highest BCUT2D eigenvalue weighted by Crippen LogP contribution is 2.21. The Bertz CT molecular complexity index is 1570. The lowest BCUT2D eigenvalue weighted by Crippen LogP contribution is -2.26. The van der Waals surface area contributed by atoms with Gasteiger partial charge in [0.25, 0.3) is 11.1 Å². The average Bonchev–Trinajstić information content (AvgIpc) is 3.20. The van der Waals surface area contributed by atoms with E-state index in [9.17, 15) is 9.59 Å². The number of aromatic amines is 1. The van der Waals surface area contributed by atoms with Crippen LogP contribution in [0.4, 0.5) is 0 Å². The summed E-state index contributed by atoms with van der Waals surface area (Å²) in [5.74, 6) is 0. The molecule has 5 aromatic rings. The zero-order valence-electron chi connectivity index (χ0n) is 18.9. The molecule has 0 aliphatic carbocycles. The quantitative estimate of drug-likeness (QED) is 0.350. The van der Waals surface area contributed by atoms with Gasteiger partial charge in [-0.2, -0.15) is 0 Å². The van der Waals surface area contributed by atoms with Crippen LogP contribution in [0.1, 0.15) is 17.0 Å². The molecule has 0 saturated heterocycles. The van der Waals surface area contributed by atoms with E-state index < -0.39 is 0 Å². The van der Waals surface area contributed by atoms with Crippen LogP contribution in [0.5, 0.6) is 0 Å². The second-order valence-electron chi connectivity index (χ2n) is 8.12. The fourth-order valence-corrected chi connectivity index (χ4v) is 4.34. The van der Waals surface area contributed by atoms with E-state index in [-0.39, 0.29) is 17.7 Å². The Morgan fingerprint density at radius 2 is 1.69 bits per heavy atom. The van der Waals surface area contributed by atoms with Crippen LogP contribution in [0.25, 0.3) is 16.6 Å².